The minimum Gasteiger partial charge on any atom is -0.305 e. The quantitative estimate of drug-likeness (QED) is 0.460. The third-order valence-corrected chi connectivity index (χ3v) is 2.47. The standard InChI is InChI=1S/C5H13NP2/c1-6-3-2-5(7,8)4-6/h2-4,7-8H2,1H3. The molecule has 1 aliphatic rings. The first-order chi connectivity index (χ1) is 3.60. The van der Waals surface area contributed by atoms with E-state index in [2.05, 4.69) is 30.4 Å². The maximum Gasteiger partial charge on any atom is 0.0131 e. The summed E-state index contributed by atoms with van der Waals surface area (Å²) >= 11 is 0. The van der Waals surface area contributed by atoms with Crippen LogP contribution in [0.1, 0.15) is 6.42 Å². The van der Waals surface area contributed by atoms with Crippen molar-refractivity contribution in [3.63, 3.8) is 0 Å². The van der Waals surface area contributed by atoms with E-state index in [-0.39, 0.29) is 0 Å². The van der Waals surface area contributed by atoms with Gasteiger partial charge in [0, 0.05) is 11.4 Å². The van der Waals surface area contributed by atoms with Gasteiger partial charge >= 0.3 is 0 Å². The van der Waals surface area contributed by atoms with Crippen LogP contribution in [-0.4, -0.2) is 29.9 Å². The van der Waals surface area contributed by atoms with Gasteiger partial charge in [-0.1, -0.05) is 0 Å². The fourth-order valence-corrected chi connectivity index (χ4v) is 1.94. The Kier molecular flexibility index (Phi) is 1.92. The molecule has 8 heavy (non-hydrogen) atoms. The molecule has 1 fully saturated rings. The molecule has 1 rings (SSSR count). The smallest absolute Gasteiger partial charge is 0.0131 e. The number of rotatable bonds is 0. The van der Waals surface area contributed by atoms with Crippen molar-refractivity contribution < 1.29 is 0 Å². The van der Waals surface area contributed by atoms with E-state index in [1.165, 1.54) is 19.5 Å². The van der Waals surface area contributed by atoms with Crippen LogP contribution < -0.4 is 0 Å². The molecular formula is C5H13NP2. The molecule has 0 aliphatic carbocycles. The Morgan fingerprint density at radius 3 is 2.25 bits per heavy atom. The molecule has 0 bridgehead atoms. The summed E-state index contributed by atoms with van der Waals surface area (Å²) in [5.41, 5.74) is 0. The first-order valence-electron chi connectivity index (χ1n) is 2.86. The number of hydrogen-bond donors (Lipinski definition) is 0. The zero-order valence-corrected chi connectivity index (χ0v) is 7.53. The highest BCUT2D eigenvalue weighted by Crippen LogP contribution is 2.35. The first kappa shape index (κ1) is 6.93. The molecule has 0 amide bonds. The molecule has 1 saturated heterocycles. The molecule has 0 N–H and O–H groups in total. The second kappa shape index (κ2) is 2.21. The molecule has 0 aromatic heterocycles. The Hall–Kier alpha value is 0.820. The Labute approximate surface area is 55.6 Å². The molecule has 1 aliphatic heterocycles. The van der Waals surface area contributed by atoms with Crippen molar-refractivity contribution in [3.8, 4) is 0 Å². The molecular weight excluding hydrogens is 136 g/mol. The summed E-state index contributed by atoms with van der Waals surface area (Å²) in [7, 11) is 7.91. The lowest BCUT2D eigenvalue weighted by Crippen LogP contribution is -2.18. The molecule has 48 valence electrons. The van der Waals surface area contributed by atoms with Gasteiger partial charge in [0.15, 0.2) is 0 Å². The summed E-state index contributed by atoms with van der Waals surface area (Å²) in [4.78, 5) is 2.77. The molecule has 2 atom stereocenters. The van der Waals surface area contributed by atoms with Crippen LogP contribution in [-0.2, 0) is 0 Å². The van der Waals surface area contributed by atoms with E-state index in [0.29, 0.717) is 4.90 Å². The van der Waals surface area contributed by atoms with Gasteiger partial charge in [0.25, 0.3) is 0 Å². The largest absolute Gasteiger partial charge is 0.305 e. The molecule has 0 aromatic carbocycles. The van der Waals surface area contributed by atoms with Crippen molar-refractivity contribution in [1.82, 2.24) is 4.90 Å². The molecule has 2 unspecified atom stereocenters. The highest BCUT2D eigenvalue weighted by Gasteiger charge is 2.26. The average Bonchev–Trinajstić information content (AvgIpc) is 1.82. The highest BCUT2D eigenvalue weighted by atomic mass is 31.1. The number of likely N-dealkylation sites (tertiary alicyclic amines) is 1. The van der Waals surface area contributed by atoms with Crippen LogP contribution in [0.25, 0.3) is 0 Å². The molecule has 1 nitrogen and oxygen atoms in total. The fraction of sp³-hybridized carbons (Fsp3) is 1.00. The van der Waals surface area contributed by atoms with Crippen LogP contribution in [0.5, 0.6) is 0 Å². The molecule has 3 heteroatoms. The van der Waals surface area contributed by atoms with Crippen molar-refractivity contribution in [1.29, 1.82) is 0 Å². The Balaban J connectivity index is 2.44. The van der Waals surface area contributed by atoms with Gasteiger partial charge in [-0.15, -0.1) is 18.5 Å². The monoisotopic (exact) mass is 149 g/mol. The molecule has 0 aromatic rings. The predicted molar refractivity (Wildman–Crippen MR) is 44.3 cm³/mol. The van der Waals surface area contributed by atoms with E-state index in [1.807, 2.05) is 0 Å². The van der Waals surface area contributed by atoms with Gasteiger partial charge in [0.1, 0.15) is 0 Å². The van der Waals surface area contributed by atoms with Crippen LogP contribution in [0.15, 0.2) is 0 Å². The van der Waals surface area contributed by atoms with Crippen molar-refractivity contribution in [2.75, 3.05) is 20.1 Å². The van der Waals surface area contributed by atoms with Crippen LogP contribution in [0, 0.1) is 0 Å². The Morgan fingerprint density at radius 2 is 2.12 bits per heavy atom. The summed E-state index contributed by atoms with van der Waals surface area (Å²) in [6.45, 7) is 2.44. The normalized spacial score (nSPS) is 28.9. The summed E-state index contributed by atoms with van der Waals surface area (Å²) in [6.07, 6.45) is 1.29. The van der Waals surface area contributed by atoms with Crippen LogP contribution in [0.3, 0.4) is 0 Å². The molecule has 0 spiro atoms. The summed E-state index contributed by atoms with van der Waals surface area (Å²) < 4.78 is 0. The van der Waals surface area contributed by atoms with E-state index in [9.17, 15) is 0 Å². The van der Waals surface area contributed by atoms with Crippen molar-refractivity contribution in [2.45, 2.75) is 11.3 Å². The van der Waals surface area contributed by atoms with Crippen molar-refractivity contribution >= 4 is 18.5 Å². The lowest BCUT2D eigenvalue weighted by atomic mass is 10.4. The Morgan fingerprint density at radius 1 is 1.50 bits per heavy atom. The highest BCUT2D eigenvalue weighted by molar-refractivity contribution is 7.40. The summed E-state index contributed by atoms with van der Waals surface area (Å²) in [6, 6.07) is 0. The lowest BCUT2D eigenvalue weighted by Gasteiger charge is -2.15. The van der Waals surface area contributed by atoms with E-state index in [1.54, 1.807) is 0 Å². The maximum absolute atomic E-state index is 2.88. The third-order valence-electron chi connectivity index (χ3n) is 1.52. The van der Waals surface area contributed by atoms with E-state index < -0.39 is 0 Å². The lowest BCUT2D eigenvalue weighted by molar-refractivity contribution is 0.416. The second-order valence-corrected chi connectivity index (χ2v) is 5.69. The van der Waals surface area contributed by atoms with Gasteiger partial charge in [-0.2, -0.15) is 0 Å². The van der Waals surface area contributed by atoms with Crippen LogP contribution in [0.2, 0.25) is 0 Å². The van der Waals surface area contributed by atoms with E-state index in [4.69, 9.17) is 0 Å². The molecule has 1 heterocycles. The third kappa shape index (κ3) is 1.65. The summed E-state index contributed by atoms with van der Waals surface area (Å²) in [5.74, 6) is 0. The fourth-order valence-electron chi connectivity index (χ4n) is 1.06. The van der Waals surface area contributed by atoms with Crippen LogP contribution in [0.4, 0.5) is 0 Å². The van der Waals surface area contributed by atoms with E-state index >= 15 is 0 Å². The topological polar surface area (TPSA) is 3.24 Å². The van der Waals surface area contributed by atoms with Gasteiger partial charge < -0.3 is 4.90 Å². The van der Waals surface area contributed by atoms with Crippen molar-refractivity contribution in [3.05, 3.63) is 0 Å². The Bertz CT molecular complexity index is 92.4. The predicted octanol–water partition coefficient (Wildman–Crippen LogP) is 0.768. The van der Waals surface area contributed by atoms with Gasteiger partial charge in [-0.3, -0.25) is 0 Å². The van der Waals surface area contributed by atoms with Gasteiger partial charge in [-0.25, -0.2) is 0 Å². The van der Waals surface area contributed by atoms with Gasteiger partial charge in [-0.05, 0) is 20.0 Å². The minimum absolute atomic E-state index is 0.425. The van der Waals surface area contributed by atoms with E-state index in [0.717, 1.165) is 0 Å². The van der Waals surface area contributed by atoms with Gasteiger partial charge in [0.2, 0.25) is 0 Å². The minimum atomic E-state index is 0.425. The van der Waals surface area contributed by atoms with Crippen LogP contribution >= 0.6 is 18.5 Å². The SMILES string of the molecule is CN1CCC(P)(P)C1. The number of hydrogen-bond acceptors (Lipinski definition) is 1. The maximum atomic E-state index is 2.88. The first-order valence-corrected chi connectivity index (χ1v) is 4.02. The zero-order valence-electron chi connectivity index (χ0n) is 5.22. The second-order valence-electron chi connectivity index (χ2n) is 2.72. The van der Waals surface area contributed by atoms with Crippen molar-refractivity contribution in [2.24, 2.45) is 0 Å². The molecule has 0 saturated carbocycles. The van der Waals surface area contributed by atoms with Gasteiger partial charge in [0.05, 0.1) is 0 Å². The average molecular weight is 149 g/mol. The molecule has 0 radical (unpaired) electrons. The summed E-state index contributed by atoms with van der Waals surface area (Å²) in [5, 5.41) is 0. The number of nitrogens with zero attached hydrogens (tertiary/aromatic N) is 1. The zero-order chi connectivity index (χ0) is 6.20.